The number of aryl methyl sites for hydroxylation is 1. The zero-order chi connectivity index (χ0) is 14.3. The van der Waals surface area contributed by atoms with Crippen molar-refractivity contribution in [2.24, 2.45) is 0 Å². The quantitative estimate of drug-likeness (QED) is 0.666. The third-order valence-electron chi connectivity index (χ3n) is 3.79. The smallest absolute Gasteiger partial charge is 0.0641 e. The molecule has 0 aliphatic heterocycles. The molecule has 2 aromatic rings. The average Bonchev–Trinajstić information content (AvgIpc) is 2.81. The molecule has 0 bridgehead atoms. The van der Waals surface area contributed by atoms with Gasteiger partial charge in [0, 0.05) is 9.50 Å². The van der Waals surface area contributed by atoms with E-state index >= 15 is 0 Å². The summed E-state index contributed by atoms with van der Waals surface area (Å²) >= 11 is 16.1. The van der Waals surface area contributed by atoms with E-state index in [-0.39, 0.29) is 0 Å². The van der Waals surface area contributed by atoms with Crippen LogP contribution in [0, 0.1) is 6.92 Å². The van der Waals surface area contributed by atoms with E-state index in [4.69, 9.17) is 23.2 Å². The van der Waals surface area contributed by atoms with Crippen LogP contribution in [0.2, 0.25) is 10.0 Å². The summed E-state index contributed by atoms with van der Waals surface area (Å²) in [4.78, 5) is 0. The van der Waals surface area contributed by atoms with E-state index in [9.17, 15) is 0 Å². The molecule has 1 N–H and O–H groups in total. The van der Waals surface area contributed by atoms with E-state index in [0.717, 1.165) is 34.1 Å². The van der Waals surface area contributed by atoms with Crippen molar-refractivity contribution >= 4 is 44.8 Å². The molecule has 1 nitrogen and oxygen atoms in total. The highest BCUT2D eigenvalue weighted by molar-refractivity contribution is 9.10. The van der Waals surface area contributed by atoms with Crippen LogP contribution >= 0.6 is 39.1 Å². The SMILES string of the molecule is Cc1cc(Cl)c(NC2CCc3c(Br)cccc32)cc1Cl. The number of anilines is 1. The van der Waals surface area contributed by atoms with Gasteiger partial charge in [-0.25, -0.2) is 0 Å². The lowest BCUT2D eigenvalue weighted by atomic mass is 10.1. The monoisotopic (exact) mass is 369 g/mol. The molecule has 3 rings (SSSR count). The van der Waals surface area contributed by atoms with Gasteiger partial charge in [0.05, 0.1) is 16.8 Å². The molecule has 0 spiro atoms. The molecule has 0 radical (unpaired) electrons. The van der Waals surface area contributed by atoms with Gasteiger partial charge in [-0.15, -0.1) is 0 Å². The first-order valence-corrected chi connectivity index (χ1v) is 8.10. The number of hydrogen-bond donors (Lipinski definition) is 1. The third-order valence-corrected chi connectivity index (χ3v) is 5.25. The molecule has 1 unspecified atom stereocenters. The van der Waals surface area contributed by atoms with Crippen molar-refractivity contribution in [2.45, 2.75) is 25.8 Å². The van der Waals surface area contributed by atoms with Crippen LogP contribution < -0.4 is 5.32 Å². The van der Waals surface area contributed by atoms with Crippen molar-refractivity contribution in [3.63, 3.8) is 0 Å². The predicted molar refractivity (Wildman–Crippen MR) is 90.0 cm³/mol. The highest BCUT2D eigenvalue weighted by atomic mass is 79.9. The molecular weight excluding hydrogens is 357 g/mol. The molecule has 104 valence electrons. The summed E-state index contributed by atoms with van der Waals surface area (Å²) in [6.07, 6.45) is 2.14. The summed E-state index contributed by atoms with van der Waals surface area (Å²) in [6.45, 7) is 1.96. The molecule has 20 heavy (non-hydrogen) atoms. The summed E-state index contributed by atoms with van der Waals surface area (Å²) in [5.74, 6) is 0. The van der Waals surface area contributed by atoms with E-state index in [1.807, 2.05) is 19.1 Å². The van der Waals surface area contributed by atoms with Gasteiger partial charge in [-0.05, 0) is 54.7 Å². The highest BCUT2D eigenvalue weighted by Gasteiger charge is 2.24. The molecule has 1 atom stereocenters. The third kappa shape index (κ3) is 2.57. The maximum Gasteiger partial charge on any atom is 0.0641 e. The standard InChI is InChI=1S/C16H14BrCl2N/c1-9-7-14(19)16(8-13(9)18)20-15-6-5-10-11(15)3-2-4-12(10)17/h2-4,7-8,15,20H,5-6H2,1H3. The number of halogens is 3. The second-order valence-corrected chi connectivity index (χ2v) is 6.79. The molecule has 0 heterocycles. The second kappa shape index (κ2) is 5.59. The van der Waals surface area contributed by atoms with Gasteiger partial charge in [-0.1, -0.05) is 51.3 Å². The normalized spacial score (nSPS) is 17.1. The van der Waals surface area contributed by atoms with Crippen LogP contribution in [-0.4, -0.2) is 0 Å². The van der Waals surface area contributed by atoms with Crippen molar-refractivity contribution in [2.75, 3.05) is 5.32 Å². The van der Waals surface area contributed by atoms with Crippen molar-refractivity contribution in [1.29, 1.82) is 0 Å². The Morgan fingerprint density at radius 3 is 2.80 bits per heavy atom. The van der Waals surface area contributed by atoms with Gasteiger partial charge >= 0.3 is 0 Å². The molecule has 0 saturated heterocycles. The summed E-state index contributed by atoms with van der Waals surface area (Å²) in [7, 11) is 0. The summed E-state index contributed by atoms with van der Waals surface area (Å²) in [6, 6.07) is 10.5. The van der Waals surface area contributed by atoms with Crippen LogP contribution in [0.5, 0.6) is 0 Å². The van der Waals surface area contributed by atoms with Crippen molar-refractivity contribution in [3.8, 4) is 0 Å². The Kier molecular flexibility index (Phi) is 3.98. The maximum absolute atomic E-state index is 6.31. The van der Waals surface area contributed by atoms with Crippen molar-refractivity contribution in [1.82, 2.24) is 0 Å². The minimum atomic E-state index is 0.291. The number of rotatable bonds is 2. The van der Waals surface area contributed by atoms with Crippen molar-refractivity contribution in [3.05, 3.63) is 61.5 Å². The first-order chi connectivity index (χ1) is 9.56. The lowest BCUT2D eigenvalue weighted by Crippen LogP contribution is -2.07. The Morgan fingerprint density at radius 2 is 2.00 bits per heavy atom. The lowest BCUT2D eigenvalue weighted by Gasteiger charge is -2.17. The van der Waals surface area contributed by atoms with Crippen LogP contribution in [0.4, 0.5) is 5.69 Å². The van der Waals surface area contributed by atoms with Crippen molar-refractivity contribution < 1.29 is 0 Å². The summed E-state index contributed by atoms with van der Waals surface area (Å²) in [5.41, 5.74) is 4.63. The van der Waals surface area contributed by atoms with Gasteiger partial charge in [-0.3, -0.25) is 0 Å². The zero-order valence-corrected chi connectivity index (χ0v) is 14.1. The van der Waals surface area contributed by atoms with Crippen LogP contribution in [-0.2, 0) is 6.42 Å². The number of nitrogens with one attached hydrogen (secondary N) is 1. The van der Waals surface area contributed by atoms with E-state index in [0.29, 0.717) is 6.04 Å². The topological polar surface area (TPSA) is 12.0 Å². The Balaban J connectivity index is 1.91. The molecule has 2 aromatic carbocycles. The largest absolute Gasteiger partial charge is 0.377 e. The van der Waals surface area contributed by atoms with E-state index < -0.39 is 0 Å². The van der Waals surface area contributed by atoms with Gasteiger partial charge in [0.1, 0.15) is 0 Å². The molecule has 0 fully saturated rings. The lowest BCUT2D eigenvalue weighted by molar-refractivity contribution is 0.762. The Morgan fingerprint density at radius 1 is 1.20 bits per heavy atom. The van der Waals surface area contributed by atoms with Gasteiger partial charge < -0.3 is 5.32 Å². The average molecular weight is 371 g/mol. The van der Waals surface area contributed by atoms with E-state index in [1.165, 1.54) is 15.6 Å². The van der Waals surface area contributed by atoms with Crippen LogP contribution in [0.25, 0.3) is 0 Å². The van der Waals surface area contributed by atoms with E-state index in [1.54, 1.807) is 0 Å². The molecular formula is C16H14BrCl2N. The first kappa shape index (κ1) is 14.2. The minimum absolute atomic E-state index is 0.291. The molecule has 0 amide bonds. The minimum Gasteiger partial charge on any atom is -0.377 e. The Labute approximate surface area is 137 Å². The fourth-order valence-corrected chi connectivity index (χ4v) is 3.72. The molecule has 1 aliphatic carbocycles. The van der Waals surface area contributed by atoms with Crippen LogP contribution in [0.1, 0.15) is 29.2 Å². The Bertz CT molecular complexity index is 670. The van der Waals surface area contributed by atoms with Gasteiger partial charge in [0.2, 0.25) is 0 Å². The summed E-state index contributed by atoms with van der Waals surface area (Å²) in [5, 5.41) is 4.98. The van der Waals surface area contributed by atoms with Crippen LogP contribution in [0.3, 0.4) is 0 Å². The molecule has 0 saturated carbocycles. The fraction of sp³-hybridized carbons (Fsp3) is 0.250. The zero-order valence-electron chi connectivity index (χ0n) is 11.0. The fourth-order valence-electron chi connectivity index (χ4n) is 2.70. The number of fused-ring (bicyclic) bond motifs is 1. The predicted octanol–water partition coefficient (Wildman–Crippen LogP) is 6.16. The second-order valence-electron chi connectivity index (χ2n) is 5.12. The van der Waals surface area contributed by atoms with Gasteiger partial charge in [0.25, 0.3) is 0 Å². The highest BCUT2D eigenvalue weighted by Crippen LogP contribution is 2.39. The van der Waals surface area contributed by atoms with Crippen LogP contribution in [0.15, 0.2) is 34.8 Å². The number of hydrogen-bond acceptors (Lipinski definition) is 1. The summed E-state index contributed by atoms with van der Waals surface area (Å²) < 4.78 is 1.19. The Hall–Kier alpha value is -0.700. The van der Waals surface area contributed by atoms with Gasteiger partial charge in [-0.2, -0.15) is 0 Å². The van der Waals surface area contributed by atoms with Gasteiger partial charge in [0.15, 0.2) is 0 Å². The maximum atomic E-state index is 6.31. The first-order valence-electron chi connectivity index (χ1n) is 6.55. The molecule has 4 heteroatoms. The molecule has 0 aromatic heterocycles. The molecule has 1 aliphatic rings. The number of benzene rings is 2. The van der Waals surface area contributed by atoms with E-state index in [2.05, 4.69) is 39.4 Å².